The predicted molar refractivity (Wildman–Crippen MR) is 92.3 cm³/mol. The van der Waals surface area contributed by atoms with Crippen LogP contribution in [0.15, 0.2) is 18.2 Å². The summed E-state index contributed by atoms with van der Waals surface area (Å²) in [6, 6.07) is 5.36. The number of aromatic nitrogens is 2. The van der Waals surface area contributed by atoms with Crippen molar-refractivity contribution >= 4 is 22.4 Å². The molecule has 2 heterocycles. The van der Waals surface area contributed by atoms with Gasteiger partial charge < -0.3 is 19.3 Å². The molecule has 0 unspecified atom stereocenters. The molecule has 1 aliphatic heterocycles. The van der Waals surface area contributed by atoms with E-state index >= 15 is 0 Å². The Kier molecular flexibility index (Phi) is 4.84. The van der Waals surface area contributed by atoms with Crippen molar-refractivity contribution in [2.24, 2.45) is 0 Å². The Balaban J connectivity index is 1.74. The van der Waals surface area contributed by atoms with E-state index < -0.39 is 0 Å². The van der Waals surface area contributed by atoms with E-state index in [2.05, 4.69) is 15.1 Å². The van der Waals surface area contributed by atoms with E-state index in [0.29, 0.717) is 30.2 Å². The molecule has 0 N–H and O–H groups in total. The molecular formula is C16H20N4O3S. The van der Waals surface area contributed by atoms with Gasteiger partial charge in [-0.25, -0.2) is 0 Å². The van der Waals surface area contributed by atoms with Crippen molar-refractivity contribution in [3.05, 3.63) is 28.8 Å². The molecule has 8 heteroatoms. The first-order chi connectivity index (χ1) is 11.6. The number of benzene rings is 1. The highest BCUT2D eigenvalue weighted by atomic mass is 32.1. The van der Waals surface area contributed by atoms with Gasteiger partial charge in [0.1, 0.15) is 22.1 Å². The van der Waals surface area contributed by atoms with Crippen LogP contribution in [-0.4, -0.2) is 61.4 Å². The monoisotopic (exact) mass is 348 g/mol. The average molecular weight is 348 g/mol. The lowest BCUT2D eigenvalue weighted by Crippen LogP contribution is -2.48. The van der Waals surface area contributed by atoms with Crippen LogP contribution in [0.25, 0.3) is 0 Å². The maximum absolute atomic E-state index is 12.9. The minimum atomic E-state index is -0.0719. The summed E-state index contributed by atoms with van der Waals surface area (Å²) in [6.07, 6.45) is 0. The molecule has 1 aromatic carbocycles. The largest absolute Gasteiger partial charge is 0.496 e. The maximum atomic E-state index is 12.9. The fraction of sp³-hybridized carbons (Fsp3) is 0.438. The maximum Gasteiger partial charge on any atom is 0.261 e. The van der Waals surface area contributed by atoms with Crippen molar-refractivity contribution < 1.29 is 14.3 Å². The molecule has 0 saturated carbocycles. The van der Waals surface area contributed by atoms with Crippen LogP contribution in [0.2, 0.25) is 0 Å². The number of aryl methyl sites for hydroxylation is 1. The molecule has 1 fully saturated rings. The van der Waals surface area contributed by atoms with E-state index in [4.69, 9.17) is 9.47 Å². The summed E-state index contributed by atoms with van der Waals surface area (Å²) < 4.78 is 10.7. The molecular weight excluding hydrogens is 328 g/mol. The number of carbonyl (C=O) groups excluding carboxylic acids is 1. The molecule has 7 nitrogen and oxygen atoms in total. The van der Waals surface area contributed by atoms with Gasteiger partial charge in [-0.05, 0) is 19.1 Å². The molecule has 0 atom stereocenters. The summed E-state index contributed by atoms with van der Waals surface area (Å²) in [5.74, 6) is 0.987. The first kappa shape index (κ1) is 16.5. The molecule has 0 bridgehead atoms. The summed E-state index contributed by atoms with van der Waals surface area (Å²) in [7, 11) is 3.11. The number of methoxy groups -OCH3 is 2. The number of piperazine rings is 1. The number of hydrogen-bond donors (Lipinski definition) is 0. The molecule has 0 radical (unpaired) electrons. The van der Waals surface area contributed by atoms with E-state index in [1.54, 1.807) is 37.7 Å². The Bertz CT molecular complexity index is 704. The number of nitrogens with zero attached hydrogens (tertiary/aromatic N) is 4. The summed E-state index contributed by atoms with van der Waals surface area (Å²) in [6.45, 7) is 4.65. The number of amides is 1. The van der Waals surface area contributed by atoms with Crippen molar-refractivity contribution in [3.8, 4) is 11.5 Å². The summed E-state index contributed by atoms with van der Waals surface area (Å²) >= 11 is 1.57. The second-order valence-electron chi connectivity index (χ2n) is 5.42. The average Bonchev–Trinajstić information content (AvgIpc) is 3.06. The zero-order valence-electron chi connectivity index (χ0n) is 14.0. The van der Waals surface area contributed by atoms with Crippen LogP contribution in [0.1, 0.15) is 15.4 Å². The summed E-state index contributed by atoms with van der Waals surface area (Å²) in [5, 5.41) is 10.1. The number of carbonyl (C=O) groups is 1. The normalized spacial score (nSPS) is 14.6. The van der Waals surface area contributed by atoms with Crippen molar-refractivity contribution in [1.29, 1.82) is 0 Å². The van der Waals surface area contributed by atoms with Crippen molar-refractivity contribution in [1.82, 2.24) is 15.1 Å². The highest BCUT2D eigenvalue weighted by molar-refractivity contribution is 7.15. The van der Waals surface area contributed by atoms with Gasteiger partial charge >= 0.3 is 0 Å². The van der Waals surface area contributed by atoms with Gasteiger partial charge in [0.2, 0.25) is 5.13 Å². The van der Waals surface area contributed by atoms with Gasteiger partial charge in [0.25, 0.3) is 5.91 Å². The molecule has 24 heavy (non-hydrogen) atoms. The van der Waals surface area contributed by atoms with Gasteiger partial charge in [-0.2, -0.15) is 0 Å². The van der Waals surface area contributed by atoms with Crippen LogP contribution in [0.5, 0.6) is 11.5 Å². The second-order valence-corrected chi connectivity index (χ2v) is 6.58. The number of hydrogen-bond acceptors (Lipinski definition) is 7. The lowest BCUT2D eigenvalue weighted by molar-refractivity contribution is 0.0739. The molecule has 1 aromatic heterocycles. The van der Waals surface area contributed by atoms with Gasteiger partial charge in [-0.3, -0.25) is 4.79 Å². The molecule has 1 amide bonds. The Labute approximate surface area is 144 Å². The van der Waals surface area contributed by atoms with Gasteiger partial charge in [0.05, 0.1) is 14.2 Å². The minimum absolute atomic E-state index is 0.0719. The second kappa shape index (κ2) is 7.04. The first-order valence-electron chi connectivity index (χ1n) is 7.69. The van der Waals surface area contributed by atoms with Crippen LogP contribution < -0.4 is 14.4 Å². The minimum Gasteiger partial charge on any atom is -0.496 e. The Morgan fingerprint density at radius 3 is 2.21 bits per heavy atom. The van der Waals surface area contributed by atoms with Gasteiger partial charge in [-0.1, -0.05) is 17.4 Å². The lowest BCUT2D eigenvalue weighted by atomic mass is 10.1. The summed E-state index contributed by atoms with van der Waals surface area (Å²) in [4.78, 5) is 16.9. The quantitative estimate of drug-likeness (QED) is 0.840. The van der Waals surface area contributed by atoms with Gasteiger partial charge in [0, 0.05) is 26.2 Å². The molecule has 0 spiro atoms. The molecule has 128 valence electrons. The third-order valence-corrected chi connectivity index (χ3v) is 4.89. The van der Waals surface area contributed by atoms with Crippen LogP contribution >= 0.6 is 11.3 Å². The Morgan fingerprint density at radius 2 is 1.71 bits per heavy atom. The van der Waals surface area contributed by atoms with Crippen LogP contribution in [-0.2, 0) is 0 Å². The van der Waals surface area contributed by atoms with Crippen molar-refractivity contribution in [2.75, 3.05) is 45.3 Å². The van der Waals surface area contributed by atoms with Crippen molar-refractivity contribution in [2.45, 2.75) is 6.92 Å². The van der Waals surface area contributed by atoms with Gasteiger partial charge in [-0.15, -0.1) is 10.2 Å². The smallest absolute Gasteiger partial charge is 0.261 e. The third-order valence-electron chi connectivity index (χ3n) is 3.99. The molecule has 3 rings (SSSR count). The Hall–Kier alpha value is -2.35. The zero-order chi connectivity index (χ0) is 17.1. The summed E-state index contributed by atoms with van der Waals surface area (Å²) in [5.41, 5.74) is 0.475. The number of ether oxygens (including phenoxy) is 2. The van der Waals surface area contributed by atoms with Crippen LogP contribution in [0.4, 0.5) is 5.13 Å². The fourth-order valence-electron chi connectivity index (χ4n) is 2.73. The molecule has 1 saturated heterocycles. The highest BCUT2D eigenvalue weighted by Gasteiger charge is 2.27. The van der Waals surface area contributed by atoms with Crippen molar-refractivity contribution in [3.63, 3.8) is 0 Å². The lowest BCUT2D eigenvalue weighted by Gasteiger charge is -2.34. The number of anilines is 1. The molecule has 0 aliphatic carbocycles. The SMILES string of the molecule is COc1cccc(OC)c1C(=O)N1CCN(c2nnc(C)s2)CC1. The Morgan fingerprint density at radius 1 is 1.08 bits per heavy atom. The third kappa shape index (κ3) is 3.14. The van der Waals surface area contributed by atoms with E-state index in [-0.39, 0.29) is 5.91 Å². The zero-order valence-corrected chi connectivity index (χ0v) is 14.8. The van der Waals surface area contributed by atoms with Gasteiger partial charge in [0.15, 0.2) is 0 Å². The topological polar surface area (TPSA) is 67.8 Å². The van der Waals surface area contributed by atoms with E-state index in [0.717, 1.165) is 23.2 Å². The van der Waals surface area contributed by atoms with Crippen LogP contribution in [0, 0.1) is 6.92 Å². The highest BCUT2D eigenvalue weighted by Crippen LogP contribution is 2.30. The first-order valence-corrected chi connectivity index (χ1v) is 8.51. The van der Waals surface area contributed by atoms with E-state index in [9.17, 15) is 4.79 Å². The van der Waals surface area contributed by atoms with Crippen LogP contribution in [0.3, 0.4) is 0 Å². The molecule has 1 aliphatic rings. The molecule has 2 aromatic rings. The predicted octanol–water partition coefficient (Wildman–Crippen LogP) is 1.83. The van der Waals surface area contributed by atoms with E-state index in [1.807, 2.05) is 17.9 Å². The number of rotatable bonds is 4. The van der Waals surface area contributed by atoms with E-state index in [1.165, 1.54) is 0 Å². The standard InChI is InChI=1S/C16H20N4O3S/c1-11-17-18-16(24-11)20-9-7-19(8-10-20)15(21)14-12(22-2)5-4-6-13(14)23-3/h4-6H,7-10H2,1-3H3. The fourth-order valence-corrected chi connectivity index (χ4v) is 3.47.